The molecule has 0 radical (unpaired) electrons. The fourth-order valence-electron chi connectivity index (χ4n) is 2.46. The number of hydrogen-bond acceptors (Lipinski definition) is 6. The van der Waals surface area contributed by atoms with Crippen molar-refractivity contribution in [1.29, 1.82) is 0 Å². The third-order valence-electron chi connectivity index (χ3n) is 3.63. The Morgan fingerprint density at radius 3 is 2.82 bits per heavy atom. The van der Waals surface area contributed by atoms with E-state index in [1.54, 1.807) is 11.3 Å². The molecule has 0 bridgehead atoms. The number of rotatable bonds is 3. The van der Waals surface area contributed by atoms with Crippen LogP contribution in [0.25, 0.3) is 15.5 Å². The third-order valence-corrected chi connectivity index (χ3v) is 5.50. The molecule has 1 fully saturated rings. The van der Waals surface area contributed by atoms with Crippen molar-refractivity contribution in [2.24, 2.45) is 0 Å². The quantitative estimate of drug-likeness (QED) is 0.601. The number of halogens is 1. The highest BCUT2D eigenvalue weighted by atomic mass is 127. The Morgan fingerprint density at radius 2 is 2.00 bits per heavy atom. The Morgan fingerprint density at radius 1 is 1.18 bits per heavy atom. The van der Waals surface area contributed by atoms with Crippen molar-refractivity contribution in [3.05, 3.63) is 33.7 Å². The van der Waals surface area contributed by atoms with E-state index < -0.39 is 0 Å². The van der Waals surface area contributed by atoms with Gasteiger partial charge in [0.15, 0.2) is 5.82 Å². The van der Waals surface area contributed by atoms with Gasteiger partial charge in [-0.05, 0) is 28.7 Å². The fourth-order valence-corrected chi connectivity index (χ4v) is 4.18. The van der Waals surface area contributed by atoms with Crippen LogP contribution in [0, 0.1) is 3.57 Å². The normalized spacial score (nSPS) is 16.4. The molecule has 3 heterocycles. The molecule has 0 amide bonds. The number of nitrogens with zero attached hydrogens (tertiary/aromatic N) is 5. The van der Waals surface area contributed by atoms with E-state index in [0.29, 0.717) is 0 Å². The molecule has 2 aromatic heterocycles. The molecule has 0 aliphatic carbocycles. The van der Waals surface area contributed by atoms with Gasteiger partial charge in [0.1, 0.15) is 5.01 Å². The molecule has 3 aromatic rings. The number of hydrogen-bond donors (Lipinski definition) is 0. The molecule has 0 atom stereocenters. The van der Waals surface area contributed by atoms with Crippen LogP contribution in [0.5, 0.6) is 0 Å². The summed E-state index contributed by atoms with van der Waals surface area (Å²) in [5.74, 6) is 0.894. The summed E-state index contributed by atoms with van der Waals surface area (Å²) in [6.45, 7) is 4.20. The predicted molar refractivity (Wildman–Crippen MR) is 92.9 cm³/mol. The zero-order valence-electron chi connectivity index (χ0n) is 11.8. The van der Waals surface area contributed by atoms with Gasteiger partial charge in [0.05, 0.1) is 19.8 Å². The lowest BCUT2D eigenvalue weighted by Gasteiger charge is -2.25. The molecule has 22 heavy (non-hydrogen) atoms. The van der Waals surface area contributed by atoms with Crippen molar-refractivity contribution in [2.75, 3.05) is 26.3 Å². The first-order chi connectivity index (χ1) is 10.8. The Balaban J connectivity index is 1.66. The van der Waals surface area contributed by atoms with Crippen molar-refractivity contribution in [1.82, 2.24) is 24.7 Å². The maximum atomic E-state index is 5.38. The Labute approximate surface area is 145 Å². The second-order valence-electron chi connectivity index (χ2n) is 5.09. The van der Waals surface area contributed by atoms with E-state index >= 15 is 0 Å². The van der Waals surface area contributed by atoms with Crippen molar-refractivity contribution in [3.63, 3.8) is 0 Å². The van der Waals surface area contributed by atoms with Crippen LogP contribution in [-0.4, -0.2) is 51.0 Å². The maximum absolute atomic E-state index is 5.38. The molecule has 0 N–H and O–H groups in total. The van der Waals surface area contributed by atoms with Gasteiger partial charge in [-0.25, -0.2) is 0 Å². The van der Waals surface area contributed by atoms with Crippen LogP contribution in [-0.2, 0) is 11.3 Å². The van der Waals surface area contributed by atoms with E-state index in [4.69, 9.17) is 9.84 Å². The largest absolute Gasteiger partial charge is 0.379 e. The van der Waals surface area contributed by atoms with Crippen LogP contribution < -0.4 is 0 Å². The number of morpholine rings is 1. The number of aromatic nitrogens is 4. The summed E-state index contributed by atoms with van der Waals surface area (Å²) in [5.41, 5.74) is 1.15. The van der Waals surface area contributed by atoms with Gasteiger partial charge in [0.25, 0.3) is 0 Å². The van der Waals surface area contributed by atoms with E-state index in [0.717, 1.165) is 54.2 Å². The molecule has 0 spiro atoms. The standard InChI is InChI=1S/C14H14IN5OS/c15-11-4-2-1-3-10(11)13-18-20-12(16-17-14(20)22-13)9-19-5-7-21-8-6-19/h1-4H,5-9H2. The van der Waals surface area contributed by atoms with Gasteiger partial charge in [0, 0.05) is 22.2 Å². The smallest absolute Gasteiger partial charge is 0.235 e. The van der Waals surface area contributed by atoms with Crippen LogP contribution in [0.15, 0.2) is 24.3 Å². The van der Waals surface area contributed by atoms with Gasteiger partial charge in [-0.15, -0.1) is 10.2 Å². The molecule has 0 saturated carbocycles. The maximum Gasteiger partial charge on any atom is 0.235 e. The molecule has 1 aliphatic rings. The molecule has 114 valence electrons. The second-order valence-corrected chi connectivity index (χ2v) is 7.20. The van der Waals surface area contributed by atoms with E-state index in [1.165, 1.54) is 3.57 Å². The summed E-state index contributed by atoms with van der Waals surface area (Å²) in [5, 5.41) is 14.3. The Kier molecular flexibility index (Phi) is 4.07. The average molecular weight is 427 g/mol. The van der Waals surface area contributed by atoms with Crippen molar-refractivity contribution in [3.8, 4) is 10.6 Å². The summed E-state index contributed by atoms with van der Waals surface area (Å²) < 4.78 is 8.45. The van der Waals surface area contributed by atoms with Crippen LogP contribution in [0.2, 0.25) is 0 Å². The second kappa shape index (κ2) is 6.19. The third kappa shape index (κ3) is 2.75. The summed E-state index contributed by atoms with van der Waals surface area (Å²) >= 11 is 3.92. The summed E-state index contributed by atoms with van der Waals surface area (Å²) in [6.07, 6.45) is 0. The Bertz CT molecular complexity index is 795. The van der Waals surface area contributed by atoms with Gasteiger partial charge < -0.3 is 4.74 Å². The van der Waals surface area contributed by atoms with E-state index in [1.807, 2.05) is 16.6 Å². The minimum Gasteiger partial charge on any atom is -0.379 e. The number of benzene rings is 1. The molecule has 4 rings (SSSR count). The predicted octanol–water partition coefficient (Wildman–Crippen LogP) is 2.29. The summed E-state index contributed by atoms with van der Waals surface area (Å²) in [4.78, 5) is 3.17. The summed E-state index contributed by atoms with van der Waals surface area (Å²) in [6, 6.07) is 8.26. The van der Waals surface area contributed by atoms with Gasteiger partial charge in [0.2, 0.25) is 4.96 Å². The van der Waals surface area contributed by atoms with Crippen LogP contribution in [0.3, 0.4) is 0 Å². The van der Waals surface area contributed by atoms with E-state index in [-0.39, 0.29) is 0 Å². The van der Waals surface area contributed by atoms with Crippen molar-refractivity contribution >= 4 is 38.9 Å². The van der Waals surface area contributed by atoms with Crippen LogP contribution in [0.1, 0.15) is 5.82 Å². The van der Waals surface area contributed by atoms with Crippen molar-refractivity contribution in [2.45, 2.75) is 6.54 Å². The first-order valence-corrected chi connectivity index (χ1v) is 8.97. The molecule has 1 aliphatic heterocycles. The SMILES string of the molecule is Ic1ccccc1-c1nn2c(CN3CCOCC3)nnc2s1. The monoisotopic (exact) mass is 427 g/mol. The molecule has 6 nitrogen and oxygen atoms in total. The van der Waals surface area contributed by atoms with Gasteiger partial charge in [-0.2, -0.15) is 9.61 Å². The minimum absolute atomic E-state index is 0.763. The zero-order chi connectivity index (χ0) is 14.9. The summed E-state index contributed by atoms with van der Waals surface area (Å²) in [7, 11) is 0. The topological polar surface area (TPSA) is 55.5 Å². The number of fused-ring (bicyclic) bond motifs is 1. The highest BCUT2D eigenvalue weighted by Gasteiger charge is 2.18. The van der Waals surface area contributed by atoms with Crippen LogP contribution >= 0.6 is 33.9 Å². The molecule has 0 unspecified atom stereocenters. The van der Waals surface area contributed by atoms with E-state index in [2.05, 4.69) is 49.8 Å². The molecular weight excluding hydrogens is 413 g/mol. The van der Waals surface area contributed by atoms with Gasteiger partial charge in [-0.3, -0.25) is 4.90 Å². The first kappa shape index (κ1) is 14.5. The molecule has 1 saturated heterocycles. The lowest BCUT2D eigenvalue weighted by Crippen LogP contribution is -2.36. The Hall–Kier alpha value is -1.10. The molecular formula is C14H14IN5OS. The zero-order valence-corrected chi connectivity index (χ0v) is 14.7. The fraction of sp³-hybridized carbons (Fsp3) is 0.357. The van der Waals surface area contributed by atoms with Crippen molar-refractivity contribution < 1.29 is 4.74 Å². The van der Waals surface area contributed by atoms with Gasteiger partial charge >= 0.3 is 0 Å². The first-order valence-electron chi connectivity index (χ1n) is 7.07. The number of ether oxygens (including phenoxy) is 1. The lowest BCUT2D eigenvalue weighted by molar-refractivity contribution is 0.0328. The van der Waals surface area contributed by atoms with Crippen LogP contribution in [0.4, 0.5) is 0 Å². The highest BCUT2D eigenvalue weighted by Crippen LogP contribution is 2.29. The molecule has 8 heteroatoms. The highest BCUT2D eigenvalue weighted by molar-refractivity contribution is 14.1. The minimum atomic E-state index is 0.763. The van der Waals surface area contributed by atoms with E-state index in [9.17, 15) is 0 Å². The molecule has 1 aromatic carbocycles. The van der Waals surface area contributed by atoms with Gasteiger partial charge in [-0.1, -0.05) is 29.5 Å². The average Bonchev–Trinajstić information content (AvgIpc) is 3.11. The lowest BCUT2D eigenvalue weighted by atomic mass is 10.2.